The minimum Gasteiger partial charge on any atom is -0.380 e. The van der Waals surface area contributed by atoms with Crippen LogP contribution in [-0.4, -0.2) is 36.7 Å². The van der Waals surface area contributed by atoms with E-state index in [1.54, 1.807) is 0 Å². The molecule has 0 bridgehead atoms. The Kier molecular flexibility index (Phi) is 6.97. The molecule has 1 rings (SSSR count). The molecule has 100 valence electrons. The number of hydrogen-bond donors (Lipinski definition) is 1. The first-order chi connectivity index (χ1) is 8.09. The minimum absolute atomic E-state index is 0.539. The average Bonchev–Trinajstić information content (AvgIpc) is 2.27. The fourth-order valence-corrected chi connectivity index (χ4v) is 2.62. The number of aliphatic imine (C=N–C) groups is 1. The van der Waals surface area contributed by atoms with Gasteiger partial charge in [0, 0.05) is 18.4 Å². The second kappa shape index (κ2) is 7.98. The van der Waals surface area contributed by atoms with Crippen LogP contribution < -0.4 is 5.32 Å². The Morgan fingerprint density at radius 3 is 2.82 bits per heavy atom. The molecule has 0 aromatic rings. The summed E-state index contributed by atoms with van der Waals surface area (Å²) in [6.45, 7) is 11.3. The maximum absolute atomic E-state index is 5.54. The lowest BCUT2D eigenvalue weighted by Crippen LogP contribution is -2.41. The molecule has 17 heavy (non-hydrogen) atoms. The molecule has 1 N–H and O–H groups in total. The molecular formula is C13H26N2OS. The molecular weight excluding hydrogens is 232 g/mol. The van der Waals surface area contributed by atoms with E-state index in [-0.39, 0.29) is 0 Å². The number of nitrogens with zero attached hydrogens (tertiary/aromatic N) is 1. The van der Waals surface area contributed by atoms with Gasteiger partial charge in [-0.2, -0.15) is 0 Å². The number of thioether (sulfide) groups is 1. The van der Waals surface area contributed by atoms with Crippen molar-refractivity contribution in [3.63, 3.8) is 0 Å². The third-order valence-electron chi connectivity index (χ3n) is 3.02. The fourth-order valence-electron chi connectivity index (χ4n) is 1.46. The van der Waals surface area contributed by atoms with Crippen molar-refractivity contribution < 1.29 is 4.74 Å². The van der Waals surface area contributed by atoms with Crippen LogP contribution in [0.3, 0.4) is 0 Å². The predicted octanol–water partition coefficient (Wildman–Crippen LogP) is 2.77. The van der Waals surface area contributed by atoms with Crippen molar-refractivity contribution in [3.8, 4) is 0 Å². The molecule has 3 nitrogen and oxygen atoms in total. The van der Waals surface area contributed by atoms with E-state index in [2.05, 4.69) is 38.0 Å². The smallest absolute Gasteiger partial charge is 0.156 e. The number of hydrogen-bond acceptors (Lipinski definition) is 3. The Bertz CT molecular complexity index is 244. The number of amidine groups is 1. The first-order valence-corrected chi connectivity index (χ1v) is 7.59. The fraction of sp³-hybridized carbons (Fsp3) is 0.923. The van der Waals surface area contributed by atoms with E-state index in [4.69, 9.17) is 4.74 Å². The summed E-state index contributed by atoms with van der Waals surface area (Å²) in [7, 11) is 0. The lowest BCUT2D eigenvalue weighted by molar-refractivity contribution is 0.131. The van der Waals surface area contributed by atoms with Gasteiger partial charge in [-0.1, -0.05) is 32.5 Å². The molecule has 0 saturated carbocycles. The highest BCUT2D eigenvalue weighted by Gasteiger charge is 2.20. The van der Waals surface area contributed by atoms with Crippen LogP contribution in [0, 0.1) is 11.8 Å². The number of nitrogens with one attached hydrogen (secondary N) is 1. The third kappa shape index (κ3) is 6.32. The van der Waals surface area contributed by atoms with Crippen LogP contribution >= 0.6 is 11.8 Å². The molecule has 2 unspecified atom stereocenters. The second-order valence-electron chi connectivity index (χ2n) is 5.20. The Hall–Kier alpha value is -0.220. The summed E-state index contributed by atoms with van der Waals surface area (Å²) >= 11 is 1.83. The standard InChI is InChI=1S/C13H26N2OS/c1-10(2)5-7-16-8-6-14-13-15-12(4)11(3)9-17-13/h10-12H,5-9H2,1-4H3,(H,14,15). The van der Waals surface area contributed by atoms with Gasteiger partial charge in [-0.25, -0.2) is 0 Å². The van der Waals surface area contributed by atoms with Gasteiger partial charge in [0.25, 0.3) is 0 Å². The zero-order valence-electron chi connectivity index (χ0n) is 11.5. The Labute approximate surface area is 110 Å². The van der Waals surface area contributed by atoms with Crippen molar-refractivity contribution in [2.24, 2.45) is 16.8 Å². The van der Waals surface area contributed by atoms with Crippen LogP contribution in [-0.2, 0) is 4.74 Å². The summed E-state index contributed by atoms with van der Waals surface area (Å²) in [5.74, 6) is 2.61. The van der Waals surface area contributed by atoms with E-state index in [0.717, 1.165) is 43.2 Å². The lowest BCUT2D eigenvalue weighted by Gasteiger charge is -2.28. The second-order valence-corrected chi connectivity index (χ2v) is 6.21. The molecule has 1 aliphatic rings. The van der Waals surface area contributed by atoms with Gasteiger partial charge < -0.3 is 10.1 Å². The normalized spacial score (nSPS) is 27.5. The number of ether oxygens (including phenoxy) is 1. The zero-order valence-corrected chi connectivity index (χ0v) is 12.3. The topological polar surface area (TPSA) is 33.6 Å². The molecule has 0 radical (unpaired) electrons. The maximum Gasteiger partial charge on any atom is 0.156 e. The van der Waals surface area contributed by atoms with E-state index in [1.807, 2.05) is 11.8 Å². The predicted molar refractivity (Wildman–Crippen MR) is 76.8 cm³/mol. The number of rotatable bonds is 6. The molecule has 1 aliphatic heterocycles. The first-order valence-electron chi connectivity index (χ1n) is 6.61. The van der Waals surface area contributed by atoms with E-state index >= 15 is 0 Å². The van der Waals surface area contributed by atoms with Gasteiger partial charge in [0.2, 0.25) is 0 Å². The highest BCUT2D eigenvalue weighted by Crippen LogP contribution is 2.18. The van der Waals surface area contributed by atoms with Crippen molar-refractivity contribution in [1.29, 1.82) is 0 Å². The highest BCUT2D eigenvalue weighted by atomic mass is 32.2. The summed E-state index contributed by atoms with van der Waals surface area (Å²) in [6, 6.07) is 0.539. The summed E-state index contributed by atoms with van der Waals surface area (Å²) in [4.78, 5) is 4.53. The Balaban J connectivity index is 2.08. The molecule has 0 amide bonds. The van der Waals surface area contributed by atoms with Crippen molar-refractivity contribution in [3.05, 3.63) is 0 Å². The van der Waals surface area contributed by atoms with Gasteiger partial charge in [0.1, 0.15) is 0 Å². The minimum atomic E-state index is 0.539. The monoisotopic (exact) mass is 258 g/mol. The van der Waals surface area contributed by atoms with Gasteiger partial charge in [-0.05, 0) is 25.2 Å². The SMILES string of the molecule is CC(C)CCOCCN=C1NC(C)C(C)CS1. The zero-order chi connectivity index (χ0) is 12.7. The van der Waals surface area contributed by atoms with Gasteiger partial charge >= 0.3 is 0 Å². The largest absolute Gasteiger partial charge is 0.380 e. The molecule has 2 atom stereocenters. The van der Waals surface area contributed by atoms with Crippen LogP contribution in [0.25, 0.3) is 0 Å². The molecule has 0 aliphatic carbocycles. The highest BCUT2D eigenvalue weighted by molar-refractivity contribution is 8.13. The Morgan fingerprint density at radius 2 is 2.18 bits per heavy atom. The first kappa shape index (κ1) is 14.8. The summed E-state index contributed by atoms with van der Waals surface area (Å²) < 4.78 is 5.54. The van der Waals surface area contributed by atoms with Gasteiger partial charge in [0.15, 0.2) is 5.17 Å². The molecule has 1 fully saturated rings. The van der Waals surface area contributed by atoms with Crippen LogP contribution in [0.15, 0.2) is 4.99 Å². The van der Waals surface area contributed by atoms with Crippen LogP contribution in [0.5, 0.6) is 0 Å². The molecule has 0 aromatic carbocycles. The van der Waals surface area contributed by atoms with Crippen molar-refractivity contribution in [1.82, 2.24) is 5.32 Å². The Morgan fingerprint density at radius 1 is 1.41 bits per heavy atom. The lowest BCUT2D eigenvalue weighted by atomic mass is 10.1. The maximum atomic E-state index is 5.54. The average molecular weight is 258 g/mol. The summed E-state index contributed by atoms with van der Waals surface area (Å²) in [5, 5.41) is 4.52. The quantitative estimate of drug-likeness (QED) is 0.744. The van der Waals surface area contributed by atoms with E-state index < -0.39 is 0 Å². The molecule has 1 saturated heterocycles. The van der Waals surface area contributed by atoms with Crippen LogP contribution in [0.2, 0.25) is 0 Å². The van der Waals surface area contributed by atoms with E-state index in [0.29, 0.717) is 6.04 Å². The van der Waals surface area contributed by atoms with E-state index in [9.17, 15) is 0 Å². The molecule has 0 aromatic heterocycles. The molecule has 1 heterocycles. The van der Waals surface area contributed by atoms with Gasteiger partial charge in [-0.3, -0.25) is 4.99 Å². The van der Waals surface area contributed by atoms with Gasteiger partial charge in [0.05, 0.1) is 13.2 Å². The van der Waals surface area contributed by atoms with Crippen LogP contribution in [0.1, 0.15) is 34.1 Å². The van der Waals surface area contributed by atoms with Crippen molar-refractivity contribution in [2.75, 3.05) is 25.5 Å². The molecule has 4 heteroatoms. The van der Waals surface area contributed by atoms with E-state index in [1.165, 1.54) is 5.75 Å². The third-order valence-corrected chi connectivity index (χ3v) is 4.23. The van der Waals surface area contributed by atoms with Crippen molar-refractivity contribution in [2.45, 2.75) is 40.2 Å². The van der Waals surface area contributed by atoms with Crippen molar-refractivity contribution >= 4 is 16.9 Å². The molecule has 0 spiro atoms. The summed E-state index contributed by atoms with van der Waals surface area (Å²) in [6.07, 6.45) is 1.14. The summed E-state index contributed by atoms with van der Waals surface area (Å²) in [5.41, 5.74) is 0. The van der Waals surface area contributed by atoms with Gasteiger partial charge in [-0.15, -0.1) is 0 Å². The van der Waals surface area contributed by atoms with Crippen LogP contribution in [0.4, 0.5) is 0 Å².